The van der Waals surface area contributed by atoms with Crippen LogP contribution in [-0.2, 0) is 0 Å². The van der Waals surface area contributed by atoms with Crippen molar-refractivity contribution in [2.24, 2.45) is 5.92 Å². The SMILES string of the molecule is Fc1cc(F)c(NCC2CCSC2)cc1F. The van der Waals surface area contributed by atoms with E-state index >= 15 is 0 Å². The number of halogens is 3. The second-order valence-corrected chi connectivity index (χ2v) is 5.01. The van der Waals surface area contributed by atoms with Gasteiger partial charge in [-0.05, 0) is 23.8 Å². The van der Waals surface area contributed by atoms with Crippen molar-refractivity contribution in [3.8, 4) is 0 Å². The first kappa shape index (κ1) is 11.6. The zero-order chi connectivity index (χ0) is 11.5. The zero-order valence-corrected chi connectivity index (χ0v) is 9.42. The average molecular weight is 247 g/mol. The summed E-state index contributed by atoms with van der Waals surface area (Å²) in [6.07, 6.45) is 1.09. The van der Waals surface area contributed by atoms with Gasteiger partial charge in [0.15, 0.2) is 11.6 Å². The Balaban J connectivity index is 2.00. The zero-order valence-electron chi connectivity index (χ0n) is 8.60. The van der Waals surface area contributed by atoms with Crippen LogP contribution in [0.3, 0.4) is 0 Å². The molecule has 16 heavy (non-hydrogen) atoms. The molecule has 1 aromatic rings. The van der Waals surface area contributed by atoms with Crippen molar-refractivity contribution >= 4 is 17.4 Å². The Morgan fingerprint density at radius 3 is 2.62 bits per heavy atom. The van der Waals surface area contributed by atoms with Crippen LogP contribution in [-0.4, -0.2) is 18.1 Å². The van der Waals surface area contributed by atoms with Crippen LogP contribution >= 0.6 is 11.8 Å². The monoisotopic (exact) mass is 247 g/mol. The number of rotatable bonds is 3. The van der Waals surface area contributed by atoms with Gasteiger partial charge in [-0.3, -0.25) is 0 Å². The highest BCUT2D eigenvalue weighted by molar-refractivity contribution is 7.99. The summed E-state index contributed by atoms with van der Waals surface area (Å²) in [4.78, 5) is 0. The lowest BCUT2D eigenvalue weighted by molar-refractivity contribution is 0.495. The van der Waals surface area contributed by atoms with Crippen molar-refractivity contribution in [3.63, 3.8) is 0 Å². The highest BCUT2D eigenvalue weighted by Gasteiger charge is 2.16. The first-order valence-corrected chi connectivity index (χ1v) is 6.28. The molecule has 1 aromatic carbocycles. The Hall–Kier alpha value is -0.840. The van der Waals surface area contributed by atoms with E-state index in [9.17, 15) is 13.2 Å². The van der Waals surface area contributed by atoms with Crippen molar-refractivity contribution in [1.29, 1.82) is 0 Å². The molecule has 2 rings (SSSR count). The smallest absolute Gasteiger partial charge is 0.161 e. The van der Waals surface area contributed by atoms with Gasteiger partial charge in [0.1, 0.15) is 5.82 Å². The second kappa shape index (κ2) is 4.99. The normalized spacial score (nSPS) is 20.1. The molecule has 1 atom stereocenters. The van der Waals surface area contributed by atoms with E-state index in [4.69, 9.17) is 0 Å². The van der Waals surface area contributed by atoms with Gasteiger partial charge >= 0.3 is 0 Å². The van der Waals surface area contributed by atoms with E-state index in [0.29, 0.717) is 18.5 Å². The van der Waals surface area contributed by atoms with E-state index in [0.717, 1.165) is 24.0 Å². The summed E-state index contributed by atoms with van der Waals surface area (Å²) in [5.74, 6) is -0.281. The van der Waals surface area contributed by atoms with Crippen LogP contribution in [0, 0.1) is 23.4 Å². The molecule has 1 N–H and O–H groups in total. The molecule has 1 heterocycles. The molecule has 0 radical (unpaired) electrons. The Kier molecular flexibility index (Phi) is 3.63. The molecule has 0 aliphatic carbocycles. The molecule has 1 aliphatic rings. The van der Waals surface area contributed by atoms with Gasteiger partial charge < -0.3 is 5.32 Å². The molecule has 0 amide bonds. The largest absolute Gasteiger partial charge is 0.382 e. The second-order valence-electron chi connectivity index (χ2n) is 3.86. The van der Waals surface area contributed by atoms with Crippen molar-refractivity contribution in [1.82, 2.24) is 0 Å². The molecule has 5 heteroatoms. The van der Waals surface area contributed by atoms with E-state index in [1.165, 1.54) is 0 Å². The number of nitrogens with one attached hydrogen (secondary N) is 1. The lowest BCUT2D eigenvalue weighted by Gasteiger charge is -2.12. The molecule has 1 fully saturated rings. The topological polar surface area (TPSA) is 12.0 Å². The van der Waals surface area contributed by atoms with E-state index in [1.54, 1.807) is 0 Å². The molecule has 0 spiro atoms. The summed E-state index contributed by atoms with van der Waals surface area (Å²) in [5.41, 5.74) is 0.0378. The van der Waals surface area contributed by atoms with Crippen LogP contribution in [0.4, 0.5) is 18.9 Å². The third-order valence-electron chi connectivity index (χ3n) is 2.62. The summed E-state index contributed by atoms with van der Waals surface area (Å²) in [5, 5.41) is 2.83. The number of benzene rings is 1. The van der Waals surface area contributed by atoms with Crippen molar-refractivity contribution in [2.75, 3.05) is 23.4 Å². The van der Waals surface area contributed by atoms with E-state index in [1.807, 2.05) is 11.8 Å². The van der Waals surface area contributed by atoms with E-state index in [2.05, 4.69) is 5.32 Å². The fourth-order valence-electron chi connectivity index (χ4n) is 1.66. The fraction of sp³-hybridized carbons (Fsp3) is 0.455. The quantitative estimate of drug-likeness (QED) is 0.823. The summed E-state index contributed by atoms with van der Waals surface area (Å²) in [6.45, 7) is 0.606. The van der Waals surface area contributed by atoms with Gasteiger partial charge in [0, 0.05) is 18.7 Å². The molecule has 1 nitrogen and oxygen atoms in total. The van der Waals surface area contributed by atoms with Crippen LogP contribution in [0.25, 0.3) is 0 Å². The highest BCUT2D eigenvalue weighted by Crippen LogP contribution is 2.25. The van der Waals surface area contributed by atoms with Gasteiger partial charge in [-0.25, -0.2) is 13.2 Å². The predicted octanol–water partition coefficient (Wildman–Crippen LogP) is 3.27. The molecular formula is C11H12F3NS. The molecular weight excluding hydrogens is 235 g/mol. The van der Waals surface area contributed by atoms with Gasteiger partial charge in [0.05, 0.1) is 5.69 Å². The lowest BCUT2D eigenvalue weighted by atomic mass is 10.1. The predicted molar refractivity (Wildman–Crippen MR) is 60.2 cm³/mol. The minimum atomic E-state index is -1.15. The van der Waals surface area contributed by atoms with E-state index in [-0.39, 0.29) is 5.69 Å². The van der Waals surface area contributed by atoms with Crippen molar-refractivity contribution < 1.29 is 13.2 Å². The van der Waals surface area contributed by atoms with Gasteiger partial charge in [-0.1, -0.05) is 0 Å². The van der Waals surface area contributed by atoms with Crippen molar-refractivity contribution in [3.05, 3.63) is 29.6 Å². The van der Waals surface area contributed by atoms with Crippen LogP contribution < -0.4 is 5.32 Å². The van der Waals surface area contributed by atoms with Gasteiger partial charge in [-0.2, -0.15) is 11.8 Å². The summed E-state index contributed by atoms with van der Waals surface area (Å²) < 4.78 is 38.8. The first-order chi connectivity index (χ1) is 7.66. The highest BCUT2D eigenvalue weighted by atomic mass is 32.2. The number of anilines is 1. The maximum Gasteiger partial charge on any atom is 0.161 e. The molecule has 1 aliphatic heterocycles. The van der Waals surface area contributed by atoms with Crippen LogP contribution in [0.1, 0.15) is 6.42 Å². The third kappa shape index (κ3) is 2.64. The molecule has 0 saturated carbocycles. The maximum atomic E-state index is 13.2. The fourth-order valence-corrected chi connectivity index (χ4v) is 2.94. The molecule has 1 unspecified atom stereocenters. The Labute approximate surface area is 96.4 Å². The summed E-state index contributed by atoms with van der Waals surface area (Å²) >= 11 is 1.86. The minimum absolute atomic E-state index is 0.0378. The minimum Gasteiger partial charge on any atom is -0.382 e. The molecule has 1 saturated heterocycles. The Bertz CT molecular complexity index is 378. The standard InChI is InChI=1S/C11H12F3NS/c12-8-3-10(14)11(4-9(8)13)15-5-7-1-2-16-6-7/h3-4,7,15H,1-2,5-6H2. The van der Waals surface area contributed by atoms with Crippen LogP contribution in [0.15, 0.2) is 12.1 Å². The lowest BCUT2D eigenvalue weighted by Crippen LogP contribution is -2.14. The maximum absolute atomic E-state index is 13.2. The van der Waals surface area contributed by atoms with Crippen LogP contribution in [0.2, 0.25) is 0 Å². The van der Waals surface area contributed by atoms with Crippen LogP contribution in [0.5, 0.6) is 0 Å². The first-order valence-electron chi connectivity index (χ1n) is 5.13. The van der Waals surface area contributed by atoms with Gasteiger partial charge in [-0.15, -0.1) is 0 Å². The third-order valence-corrected chi connectivity index (χ3v) is 3.85. The summed E-state index contributed by atoms with van der Waals surface area (Å²) in [7, 11) is 0. The van der Waals surface area contributed by atoms with Gasteiger partial charge in [0.25, 0.3) is 0 Å². The summed E-state index contributed by atoms with van der Waals surface area (Å²) in [6, 6.07) is 1.44. The Morgan fingerprint density at radius 1 is 1.19 bits per heavy atom. The molecule has 0 aromatic heterocycles. The molecule has 88 valence electrons. The Morgan fingerprint density at radius 2 is 1.94 bits per heavy atom. The van der Waals surface area contributed by atoms with E-state index < -0.39 is 17.5 Å². The number of thioether (sulfide) groups is 1. The number of hydrogen-bond donors (Lipinski definition) is 1. The van der Waals surface area contributed by atoms with Gasteiger partial charge in [0.2, 0.25) is 0 Å². The molecule has 0 bridgehead atoms. The average Bonchev–Trinajstić information content (AvgIpc) is 2.74. The number of hydrogen-bond acceptors (Lipinski definition) is 2. The van der Waals surface area contributed by atoms with Crippen molar-refractivity contribution in [2.45, 2.75) is 6.42 Å².